The van der Waals surface area contributed by atoms with Crippen LogP contribution < -0.4 is 0 Å². The average molecular weight is 264 g/mol. The number of alkyl halides is 3. The van der Waals surface area contributed by atoms with E-state index in [9.17, 15) is 22.7 Å². The molecule has 18 heavy (non-hydrogen) atoms. The average Bonchev–Trinajstić information content (AvgIpc) is 2.14. The van der Waals surface area contributed by atoms with Gasteiger partial charge in [-0.25, -0.2) is 4.39 Å². The topological polar surface area (TPSA) is 20.2 Å². The van der Waals surface area contributed by atoms with Crippen LogP contribution in [0.2, 0.25) is 0 Å². The molecule has 0 amide bonds. The highest BCUT2D eigenvalue weighted by Gasteiger charge is 2.52. The molecule has 1 aromatic carbocycles. The lowest BCUT2D eigenvalue weighted by Crippen LogP contribution is -2.46. The van der Waals surface area contributed by atoms with Crippen molar-refractivity contribution in [3.05, 3.63) is 35.6 Å². The molecule has 0 bridgehead atoms. The molecule has 1 N–H and O–H groups in total. The Morgan fingerprint density at radius 1 is 1.11 bits per heavy atom. The molecule has 0 fully saturated rings. The van der Waals surface area contributed by atoms with E-state index in [-0.39, 0.29) is 0 Å². The van der Waals surface area contributed by atoms with Gasteiger partial charge in [0.25, 0.3) is 0 Å². The molecule has 0 saturated heterocycles. The van der Waals surface area contributed by atoms with Gasteiger partial charge in [0.1, 0.15) is 5.82 Å². The first kappa shape index (κ1) is 15.0. The van der Waals surface area contributed by atoms with Crippen LogP contribution >= 0.6 is 0 Å². The first-order chi connectivity index (χ1) is 7.96. The fourth-order valence-corrected chi connectivity index (χ4v) is 1.97. The molecule has 0 aliphatic carbocycles. The third-order valence-corrected chi connectivity index (χ3v) is 3.00. The Bertz CT molecular complexity index is 421. The first-order valence-corrected chi connectivity index (χ1v) is 5.51. The summed E-state index contributed by atoms with van der Waals surface area (Å²) in [6.45, 7) is 3.82. The number of hydrogen-bond acceptors (Lipinski definition) is 1. The molecule has 0 radical (unpaired) electrons. The van der Waals surface area contributed by atoms with Crippen LogP contribution in [-0.4, -0.2) is 16.9 Å². The van der Waals surface area contributed by atoms with E-state index in [0.717, 1.165) is 6.92 Å². The van der Waals surface area contributed by atoms with E-state index >= 15 is 0 Å². The molecule has 102 valence electrons. The van der Waals surface area contributed by atoms with Gasteiger partial charge in [-0.15, -0.1) is 0 Å². The fraction of sp³-hybridized carbons (Fsp3) is 0.538. The van der Waals surface area contributed by atoms with Gasteiger partial charge in [-0.05, 0) is 36.5 Å². The van der Waals surface area contributed by atoms with Gasteiger partial charge in [-0.2, -0.15) is 13.2 Å². The number of hydrogen-bond donors (Lipinski definition) is 1. The summed E-state index contributed by atoms with van der Waals surface area (Å²) in [6, 6.07) is 5.40. The van der Waals surface area contributed by atoms with Crippen molar-refractivity contribution in [2.75, 3.05) is 0 Å². The Kier molecular flexibility index (Phi) is 3.77. The molecule has 0 saturated carbocycles. The SMILES string of the molecule is CC(C)(CC(C)(O)C(F)(F)F)c1cccc(F)c1. The van der Waals surface area contributed by atoms with E-state index < -0.39 is 29.4 Å². The minimum absolute atomic E-state index is 0.423. The van der Waals surface area contributed by atoms with E-state index in [1.54, 1.807) is 19.9 Å². The second kappa shape index (κ2) is 4.53. The predicted octanol–water partition coefficient (Wildman–Crippen LogP) is 3.81. The van der Waals surface area contributed by atoms with Crippen molar-refractivity contribution < 1.29 is 22.7 Å². The molecule has 1 nitrogen and oxygen atoms in total. The molecule has 0 aliphatic heterocycles. The summed E-state index contributed by atoms with van der Waals surface area (Å²) in [7, 11) is 0. The fourth-order valence-electron chi connectivity index (χ4n) is 1.97. The number of halogens is 4. The molecule has 1 atom stereocenters. The summed E-state index contributed by atoms with van der Waals surface area (Å²) >= 11 is 0. The van der Waals surface area contributed by atoms with Crippen LogP contribution in [0.1, 0.15) is 32.8 Å². The van der Waals surface area contributed by atoms with Crippen LogP contribution in [0.25, 0.3) is 0 Å². The van der Waals surface area contributed by atoms with Crippen molar-refractivity contribution in [1.29, 1.82) is 0 Å². The van der Waals surface area contributed by atoms with Gasteiger partial charge in [0.2, 0.25) is 0 Å². The monoisotopic (exact) mass is 264 g/mol. The van der Waals surface area contributed by atoms with Crippen LogP contribution in [0.15, 0.2) is 24.3 Å². The Balaban J connectivity index is 3.02. The summed E-state index contributed by atoms with van der Waals surface area (Å²) in [5.74, 6) is -0.507. The van der Waals surface area contributed by atoms with E-state index in [4.69, 9.17) is 0 Å². The quantitative estimate of drug-likeness (QED) is 0.823. The minimum Gasteiger partial charge on any atom is -0.381 e. The highest BCUT2D eigenvalue weighted by atomic mass is 19.4. The standard InChI is InChI=1S/C13H16F4O/c1-11(2,8-12(3,18)13(15,16)17)9-5-4-6-10(14)7-9/h4-7,18H,8H2,1-3H3. The molecule has 0 aliphatic rings. The summed E-state index contributed by atoms with van der Waals surface area (Å²) in [5, 5.41) is 9.50. The Morgan fingerprint density at radius 3 is 2.11 bits per heavy atom. The van der Waals surface area contributed by atoms with Crippen LogP contribution in [0.3, 0.4) is 0 Å². The molecule has 5 heteroatoms. The van der Waals surface area contributed by atoms with E-state index in [0.29, 0.717) is 5.56 Å². The van der Waals surface area contributed by atoms with E-state index in [1.807, 2.05) is 0 Å². The largest absolute Gasteiger partial charge is 0.416 e. The van der Waals surface area contributed by atoms with Gasteiger partial charge >= 0.3 is 6.18 Å². The van der Waals surface area contributed by atoms with Crippen molar-refractivity contribution >= 4 is 0 Å². The lowest BCUT2D eigenvalue weighted by atomic mass is 9.75. The second-order valence-corrected chi connectivity index (χ2v) is 5.34. The number of aliphatic hydroxyl groups is 1. The normalized spacial score (nSPS) is 16.4. The maximum absolute atomic E-state index is 13.1. The molecule has 1 rings (SSSR count). The molecule has 1 unspecified atom stereocenters. The highest BCUT2D eigenvalue weighted by Crippen LogP contribution is 2.40. The van der Waals surface area contributed by atoms with Gasteiger partial charge in [-0.3, -0.25) is 0 Å². The van der Waals surface area contributed by atoms with Crippen LogP contribution in [0, 0.1) is 5.82 Å². The smallest absolute Gasteiger partial charge is 0.381 e. The maximum atomic E-state index is 13.1. The van der Waals surface area contributed by atoms with Crippen molar-refractivity contribution in [2.45, 2.75) is 44.4 Å². The van der Waals surface area contributed by atoms with E-state index in [1.165, 1.54) is 18.2 Å². The van der Waals surface area contributed by atoms with Crippen molar-refractivity contribution in [1.82, 2.24) is 0 Å². The Morgan fingerprint density at radius 2 is 1.67 bits per heavy atom. The maximum Gasteiger partial charge on any atom is 0.416 e. The summed E-state index contributed by atoms with van der Waals surface area (Å²) < 4.78 is 51.0. The van der Waals surface area contributed by atoms with Gasteiger partial charge in [0.05, 0.1) is 0 Å². The molecule has 0 spiro atoms. The zero-order valence-corrected chi connectivity index (χ0v) is 10.5. The van der Waals surface area contributed by atoms with Crippen molar-refractivity contribution in [2.24, 2.45) is 0 Å². The predicted molar refractivity (Wildman–Crippen MR) is 60.7 cm³/mol. The number of benzene rings is 1. The van der Waals surface area contributed by atoms with Gasteiger partial charge in [0.15, 0.2) is 5.60 Å². The third kappa shape index (κ3) is 3.22. The highest BCUT2D eigenvalue weighted by molar-refractivity contribution is 5.25. The summed E-state index contributed by atoms with van der Waals surface area (Å²) in [4.78, 5) is 0. The van der Waals surface area contributed by atoms with Crippen LogP contribution in [0.4, 0.5) is 17.6 Å². The Hall–Kier alpha value is -1.10. The summed E-state index contributed by atoms with van der Waals surface area (Å²) in [6.07, 6.45) is -5.25. The molecule has 1 aromatic rings. The van der Waals surface area contributed by atoms with Crippen LogP contribution in [0.5, 0.6) is 0 Å². The number of rotatable bonds is 3. The second-order valence-electron chi connectivity index (χ2n) is 5.34. The molecule has 0 heterocycles. The van der Waals surface area contributed by atoms with Crippen molar-refractivity contribution in [3.63, 3.8) is 0 Å². The minimum atomic E-state index is -4.71. The summed E-state index contributed by atoms with van der Waals surface area (Å²) in [5.41, 5.74) is -3.36. The zero-order chi connectivity index (χ0) is 14.2. The van der Waals surface area contributed by atoms with Gasteiger partial charge < -0.3 is 5.11 Å². The van der Waals surface area contributed by atoms with Gasteiger partial charge in [-0.1, -0.05) is 26.0 Å². The molecule has 0 aromatic heterocycles. The van der Waals surface area contributed by atoms with Gasteiger partial charge in [0, 0.05) is 0 Å². The molecular weight excluding hydrogens is 248 g/mol. The van der Waals surface area contributed by atoms with Crippen LogP contribution in [-0.2, 0) is 5.41 Å². The lowest BCUT2D eigenvalue weighted by Gasteiger charge is -2.35. The van der Waals surface area contributed by atoms with Crippen molar-refractivity contribution in [3.8, 4) is 0 Å². The lowest BCUT2D eigenvalue weighted by molar-refractivity contribution is -0.259. The Labute approximate surface area is 103 Å². The zero-order valence-electron chi connectivity index (χ0n) is 10.5. The molecular formula is C13H16F4O. The first-order valence-electron chi connectivity index (χ1n) is 5.51. The van der Waals surface area contributed by atoms with E-state index in [2.05, 4.69) is 0 Å². The third-order valence-electron chi connectivity index (χ3n) is 3.00.